The SMILES string of the molecule is COCc1cccc(NC(=O)CN(c2cccc(Cl)c2C)S(C)(=O)=O)c1. The topological polar surface area (TPSA) is 75.7 Å². The number of carbonyl (C=O) groups is 1. The fourth-order valence-corrected chi connectivity index (χ4v) is 3.56. The van der Waals surface area contributed by atoms with Gasteiger partial charge in [0.25, 0.3) is 0 Å². The zero-order valence-corrected chi connectivity index (χ0v) is 16.4. The van der Waals surface area contributed by atoms with E-state index in [0.29, 0.717) is 28.6 Å². The second-order valence-electron chi connectivity index (χ2n) is 5.84. The van der Waals surface area contributed by atoms with E-state index >= 15 is 0 Å². The first-order chi connectivity index (χ1) is 12.2. The molecule has 0 radical (unpaired) electrons. The number of amides is 1. The van der Waals surface area contributed by atoms with Crippen LogP contribution in [0.3, 0.4) is 0 Å². The lowest BCUT2D eigenvalue weighted by Crippen LogP contribution is -2.37. The van der Waals surface area contributed by atoms with Gasteiger partial charge in [-0.05, 0) is 42.3 Å². The summed E-state index contributed by atoms with van der Waals surface area (Å²) in [7, 11) is -2.08. The van der Waals surface area contributed by atoms with E-state index in [2.05, 4.69) is 5.32 Å². The second kappa shape index (κ2) is 8.53. The minimum absolute atomic E-state index is 0.353. The third-order valence-corrected chi connectivity index (χ3v) is 5.25. The van der Waals surface area contributed by atoms with Crippen LogP contribution in [0, 0.1) is 6.92 Å². The number of anilines is 2. The third kappa shape index (κ3) is 5.20. The highest BCUT2D eigenvalue weighted by Crippen LogP contribution is 2.28. The molecular weight excluding hydrogens is 376 g/mol. The van der Waals surface area contributed by atoms with E-state index in [9.17, 15) is 13.2 Å². The van der Waals surface area contributed by atoms with E-state index in [1.54, 1.807) is 50.4 Å². The molecule has 0 atom stereocenters. The molecule has 140 valence electrons. The summed E-state index contributed by atoms with van der Waals surface area (Å²) < 4.78 is 30.5. The van der Waals surface area contributed by atoms with Gasteiger partial charge in [0.2, 0.25) is 15.9 Å². The quantitative estimate of drug-likeness (QED) is 0.779. The van der Waals surface area contributed by atoms with Crippen molar-refractivity contribution < 1.29 is 17.9 Å². The van der Waals surface area contributed by atoms with E-state index < -0.39 is 15.9 Å². The number of carbonyl (C=O) groups excluding carboxylic acids is 1. The minimum atomic E-state index is -3.67. The summed E-state index contributed by atoms with van der Waals surface area (Å²) in [6, 6.07) is 12.1. The molecule has 0 spiro atoms. The highest BCUT2D eigenvalue weighted by Gasteiger charge is 2.23. The van der Waals surface area contributed by atoms with E-state index in [1.165, 1.54) is 0 Å². The summed E-state index contributed by atoms with van der Waals surface area (Å²) in [6.45, 7) is 1.78. The maximum absolute atomic E-state index is 12.4. The molecule has 0 bridgehead atoms. The molecule has 0 aliphatic carbocycles. The van der Waals surface area contributed by atoms with Crippen molar-refractivity contribution in [2.45, 2.75) is 13.5 Å². The van der Waals surface area contributed by atoms with E-state index in [0.717, 1.165) is 16.1 Å². The molecule has 0 saturated carbocycles. The van der Waals surface area contributed by atoms with Crippen molar-refractivity contribution in [1.82, 2.24) is 0 Å². The molecule has 6 nitrogen and oxygen atoms in total. The Hall–Kier alpha value is -2.09. The van der Waals surface area contributed by atoms with Crippen LogP contribution in [0.1, 0.15) is 11.1 Å². The van der Waals surface area contributed by atoms with Crippen molar-refractivity contribution in [2.75, 3.05) is 29.5 Å². The molecule has 0 saturated heterocycles. The molecule has 0 aromatic heterocycles. The van der Waals surface area contributed by atoms with Gasteiger partial charge in [-0.15, -0.1) is 0 Å². The van der Waals surface area contributed by atoms with Crippen molar-refractivity contribution >= 4 is 38.9 Å². The minimum Gasteiger partial charge on any atom is -0.380 e. The zero-order chi connectivity index (χ0) is 19.3. The standard InChI is InChI=1S/C18H21ClN2O4S/c1-13-16(19)8-5-9-17(13)21(26(3,23)24)11-18(22)20-15-7-4-6-14(10-15)12-25-2/h4-10H,11-12H2,1-3H3,(H,20,22). The number of nitrogens with zero attached hydrogens (tertiary/aromatic N) is 1. The predicted molar refractivity (Wildman–Crippen MR) is 104 cm³/mol. The largest absolute Gasteiger partial charge is 0.380 e. The summed E-state index contributed by atoms with van der Waals surface area (Å²) in [6.07, 6.45) is 1.06. The van der Waals surface area contributed by atoms with Crippen LogP contribution < -0.4 is 9.62 Å². The van der Waals surface area contributed by atoms with Crippen molar-refractivity contribution in [1.29, 1.82) is 0 Å². The van der Waals surface area contributed by atoms with Crippen LogP contribution in [0.15, 0.2) is 42.5 Å². The van der Waals surface area contributed by atoms with Crippen LogP contribution >= 0.6 is 11.6 Å². The first-order valence-corrected chi connectivity index (χ1v) is 10.1. The fraction of sp³-hybridized carbons (Fsp3) is 0.278. The van der Waals surface area contributed by atoms with Gasteiger partial charge in [-0.2, -0.15) is 0 Å². The highest BCUT2D eigenvalue weighted by atomic mass is 35.5. The van der Waals surface area contributed by atoms with Gasteiger partial charge in [-0.25, -0.2) is 8.42 Å². The van der Waals surface area contributed by atoms with Gasteiger partial charge in [0.05, 0.1) is 18.6 Å². The molecular formula is C18H21ClN2O4S. The van der Waals surface area contributed by atoms with Gasteiger partial charge in [-0.3, -0.25) is 9.10 Å². The first-order valence-electron chi connectivity index (χ1n) is 7.83. The van der Waals surface area contributed by atoms with Gasteiger partial charge in [-0.1, -0.05) is 29.8 Å². The summed E-state index contributed by atoms with van der Waals surface area (Å²) >= 11 is 6.09. The van der Waals surface area contributed by atoms with Crippen LogP contribution in [0.5, 0.6) is 0 Å². The number of sulfonamides is 1. The Morgan fingerprint density at radius 1 is 1.23 bits per heavy atom. The second-order valence-corrected chi connectivity index (χ2v) is 8.15. The van der Waals surface area contributed by atoms with E-state index in [-0.39, 0.29) is 6.54 Å². The molecule has 2 aromatic rings. The van der Waals surface area contributed by atoms with Gasteiger partial charge >= 0.3 is 0 Å². The Bertz CT molecular complexity index is 900. The average molecular weight is 397 g/mol. The number of halogens is 1. The number of benzene rings is 2. The number of hydrogen-bond acceptors (Lipinski definition) is 4. The molecule has 0 fully saturated rings. The lowest BCUT2D eigenvalue weighted by atomic mass is 10.2. The normalized spacial score (nSPS) is 11.2. The molecule has 26 heavy (non-hydrogen) atoms. The molecule has 2 aromatic carbocycles. The molecule has 1 N–H and O–H groups in total. The Morgan fingerprint density at radius 2 is 1.92 bits per heavy atom. The molecule has 0 aliphatic rings. The Morgan fingerprint density at radius 3 is 2.58 bits per heavy atom. The smallest absolute Gasteiger partial charge is 0.245 e. The highest BCUT2D eigenvalue weighted by molar-refractivity contribution is 7.92. The van der Waals surface area contributed by atoms with Crippen LogP contribution in [0.25, 0.3) is 0 Å². The predicted octanol–water partition coefficient (Wildman–Crippen LogP) is 3.20. The van der Waals surface area contributed by atoms with Crippen LogP contribution in [-0.2, 0) is 26.2 Å². The Labute approximate surface area is 158 Å². The number of ether oxygens (including phenoxy) is 1. The lowest BCUT2D eigenvalue weighted by Gasteiger charge is -2.24. The number of methoxy groups -OCH3 is 1. The maximum Gasteiger partial charge on any atom is 0.245 e. The van der Waals surface area contributed by atoms with Crippen molar-refractivity contribution in [3.8, 4) is 0 Å². The fourth-order valence-electron chi connectivity index (χ4n) is 2.48. The summed E-state index contributed by atoms with van der Waals surface area (Å²) in [5.74, 6) is -0.454. The summed E-state index contributed by atoms with van der Waals surface area (Å²) in [4.78, 5) is 12.4. The molecule has 0 aliphatic heterocycles. The van der Waals surface area contributed by atoms with Crippen molar-refractivity contribution in [2.24, 2.45) is 0 Å². The molecule has 1 amide bonds. The van der Waals surface area contributed by atoms with E-state index in [4.69, 9.17) is 16.3 Å². The first kappa shape index (κ1) is 20.2. The third-order valence-electron chi connectivity index (χ3n) is 3.72. The van der Waals surface area contributed by atoms with Gasteiger partial charge < -0.3 is 10.1 Å². The average Bonchev–Trinajstić information content (AvgIpc) is 2.55. The van der Waals surface area contributed by atoms with Gasteiger partial charge in [0, 0.05) is 17.8 Å². The zero-order valence-electron chi connectivity index (χ0n) is 14.8. The van der Waals surface area contributed by atoms with Crippen LogP contribution in [0.4, 0.5) is 11.4 Å². The van der Waals surface area contributed by atoms with Crippen LogP contribution in [0.2, 0.25) is 5.02 Å². The maximum atomic E-state index is 12.4. The Kier molecular flexibility index (Phi) is 6.63. The molecule has 0 unspecified atom stereocenters. The van der Waals surface area contributed by atoms with Gasteiger partial charge in [0.15, 0.2) is 0 Å². The molecule has 0 heterocycles. The van der Waals surface area contributed by atoms with E-state index in [1.807, 2.05) is 6.07 Å². The summed E-state index contributed by atoms with van der Waals surface area (Å²) in [5, 5.41) is 3.15. The summed E-state index contributed by atoms with van der Waals surface area (Å²) in [5.41, 5.74) is 2.44. The number of nitrogens with one attached hydrogen (secondary N) is 1. The Balaban J connectivity index is 2.23. The molecule has 8 heteroatoms. The lowest BCUT2D eigenvalue weighted by molar-refractivity contribution is -0.114. The molecule has 2 rings (SSSR count). The van der Waals surface area contributed by atoms with Crippen LogP contribution in [-0.4, -0.2) is 34.2 Å². The number of hydrogen-bond donors (Lipinski definition) is 1. The van der Waals surface area contributed by atoms with Gasteiger partial charge in [0.1, 0.15) is 6.54 Å². The monoisotopic (exact) mass is 396 g/mol. The van der Waals surface area contributed by atoms with Crippen molar-refractivity contribution in [3.05, 3.63) is 58.6 Å². The van der Waals surface area contributed by atoms with Crippen molar-refractivity contribution in [3.63, 3.8) is 0 Å². The number of rotatable bonds is 7.